The van der Waals surface area contributed by atoms with Gasteiger partial charge in [-0.05, 0) is 31.2 Å². The molecule has 0 radical (unpaired) electrons. The summed E-state index contributed by atoms with van der Waals surface area (Å²) in [4.78, 5) is 39.9. The van der Waals surface area contributed by atoms with Gasteiger partial charge in [0.1, 0.15) is 11.5 Å². The summed E-state index contributed by atoms with van der Waals surface area (Å²) in [5.74, 6) is 0.286. The molecule has 0 aromatic carbocycles. The van der Waals surface area contributed by atoms with Crippen LogP contribution in [-0.4, -0.2) is 41.9 Å². The largest absolute Gasteiger partial charge is 0.366 e. The lowest BCUT2D eigenvalue weighted by Crippen LogP contribution is -2.13. The summed E-state index contributed by atoms with van der Waals surface area (Å²) >= 11 is 0. The van der Waals surface area contributed by atoms with Crippen LogP contribution in [0.2, 0.25) is 0 Å². The minimum Gasteiger partial charge on any atom is -0.366 e. The number of nitrogens with two attached hydrogens (primary N) is 1. The molecule has 0 unspecified atom stereocenters. The summed E-state index contributed by atoms with van der Waals surface area (Å²) in [6.45, 7) is 7.21. The van der Waals surface area contributed by atoms with E-state index in [9.17, 15) is 9.59 Å². The van der Waals surface area contributed by atoms with Gasteiger partial charge in [0.05, 0.1) is 16.7 Å². The molecule has 33 heavy (non-hydrogen) atoms. The van der Waals surface area contributed by atoms with Gasteiger partial charge in [-0.3, -0.25) is 14.7 Å². The SMILES string of the molecule is C=C/C=C(/C(N)=O)c1nc(-c2[nH]nc3ncc(-c4ccc(NC(=O)CC)nc4)cc23)[nH]c1C. The Balaban J connectivity index is 1.72. The number of hydrogen-bond donors (Lipinski definition) is 4. The molecule has 0 aliphatic rings. The van der Waals surface area contributed by atoms with Crippen molar-refractivity contribution < 1.29 is 9.59 Å². The van der Waals surface area contributed by atoms with E-state index in [0.717, 1.165) is 16.5 Å². The van der Waals surface area contributed by atoms with E-state index in [4.69, 9.17) is 5.73 Å². The van der Waals surface area contributed by atoms with Gasteiger partial charge in [0.2, 0.25) is 5.91 Å². The number of aromatic nitrogens is 6. The average molecular weight is 442 g/mol. The van der Waals surface area contributed by atoms with Crippen molar-refractivity contribution in [3.05, 3.63) is 60.7 Å². The van der Waals surface area contributed by atoms with Crippen molar-refractivity contribution in [2.45, 2.75) is 20.3 Å². The fraction of sp³-hybridized carbons (Fsp3) is 0.130. The van der Waals surface area contributed by atoms with E-state index in [1.165, 1.54) is 12.2 Å². The van der Waals surface area contributed by atoms with Crippen molar-refractivity contribution in [1.82, 2.24) is 30.1 Å². The van der Waals surface area contributed by atoms with Crippen LogP contribution < -0.4 is 11.1 Å². The summed E-state index contributed by atoms with van der Waals surface area (Å²) in [5, 5.41) is 10.7. The molecular formula is C23H22N8O2. The fourth-order valence-electron chi connectivity index (χ4n) is 3.34. The maximum absolute atomic E-state index is 11.8. The van der Waals surface area contributed by atoms with Gasteiger partial charge in [-0.15, -0.1) is 0 Å². The lowest BCUT2D eigenvalue weighted by Gasteiger charge is -2.05. The second kappa shape index (κ2) is 8.87. The number of anilines is 1. The number of nitrogens with one attached hydrogen (secondary N) is 3. The molecule has 4 heterocycles. The Hall–Kier alpha value is -4.60. The van der Waals surface area contributed by atoms with Crippen LogP contribution in [0, 0.1) is 6.92 Å². The molecule has 0 bridgehead atoms. The van der Waals surface area contributed by atoms with E-state index < -0.39 is 5.91 Å². The number of fused-ring (bicyclic) bond motifs is 1. The van der Waals surface area contributed by atoms with Gasteiger partial charge < -0.3 is 16.0 Å². The zero-order valence-electron chi connectivity index (χ0n) is 18.1. The van der Waals surface area contributed by atoms with Crippen molar-refractivity contribution >= 4 is 34.2 Å². The van der Waals surface area contributed by atoms with Gasteiger partial charge in [-0.2, -0.15) is 5.10 Å². The van der Waals surface area contributed by atoms with Crippen LogP contribution in [0.5, 0.6) is 0 Å². The number of carbonyl (C=O) groups is 2. The Bertz CT molecular complexity index is 1400. The summed E-state index contributed by atoms with van der Waals surface area (Å²) in [6.07, 6.45) is 6.77. The maximum atomic E-state index is 11.8. The van der Waals surface area contributed by atoms with Crippen LogP contribution in [0.3, 0.4) is 0 Å². The molecule has 4 rings (SSSR count). The highest BCUT2D eigenvalue weighted by atomic mass is 16.2. The van der Waals surface area contributed by atoms with Gasteiger partial charge in [-0.1, -0.05) is 19.6 Å². The number of pyridine rings is 2. The standard InChI is InChI=1S/C23H22N8O2/c1-4-6-15(21(24)33)19-12(3)27-23(29-19)20-16-9-14(11-26-22(16)31-30-20)13-7-8-17(25-10-13)28-18(32)5-2/h4,6-11H,1,5H2,2-3H3,(H2,24,33)(H,27,29)(H,25,28,32)(H,26,30,31)/b15-6+. The van der Waals surface area contributed by atoms with Crippen LogP contribution in [0.25, 0.3) is 39.3 Å². The van der Waals surface area contributed by atoms with Gasteiger partial charge in [-0.25, -0.2) is 15.0 Å². The fourth-order valence-corrected chi connectivity index (χ4v) is 3.34. The third-order valence-electron chi connectivity index (χ3n) is 5.02. The van der Waals surface area contributed by atoms with Crippen molar-refractivity contribution in [2.24, 2.45) is 5.73 Å². The van der Waals surface area contributed by atoms with Crippen molar-refractivity contribution in [3.8, 4) is 22.6 Å². The van der Waals surface area contributed by atoms with E-state index in [0.29, 0.717) is 40.8 Å². The highest BCUT2D eigenvalue weighted by molar-refractivity contribution is 6.18. The normalized spacial score (nSPS) is 11.5. The van der Waals surface area contributed by atoms with Crippen molar-refractivity contribution in [3.63, 3.8) is 0 Å². The molecule has 0 spiro atoms. The number of imidazole rings is 1. The predicted octanol–water partition coefficient (Wildman–Crippen LogP) is 3.12. The highest BCUT2D eigenvalue weighted by Gasteiger charge is 2.19. The molecule has 10 nitrogen and oxygen atoms in total. The smallest absolute Gasteiger partial charge is 0.250 e. The number of nitrogens with zero attached hydrogens (tertiary/aromatic N) is 4. The Morgan fingerprint density at radius 3 is 2.67 bits per heavy atom. The number of carbonyl (C=O) groups excluding carboxylic acids is 2. The molecule has 4 aromatic heterocycles. The summed E-state index contributed by atoms with van der Waals surface area (Å²) in [7, 11) is 0. The molecule has 0 aliphatic carbocycles. The molecule has 166 valence electrons. The Kier molecular flexibility index (Phi) is 5.81. The number of allylic oxidation sites excluding steroid dienone is 2. The van der Waals surface area contributed by atoms with Gasteiger partial charge >= 0.3 is 0 Å². The van der Waals surface area contributed by atoms with Crippen LogP contribution in [0.15, 0.2) is 49.3 Å². The molecule has 0 atom stereocenters. The maximum Gasteiger partial charge on any atom is 0.250 e. The number of primary amides is 1. The minimum atomic E-state index is -0.597. The number of H-pyrrole nitrogens is 2. The first-order valence-electron chi connectivity index (χ1n) is 10.2. The molecule has 0 aliphatic heterocycles. The molecule has 0 fully saturated rings. The third-order valence-corrected chi connectivity index (χ3v) is 5.02. The third kappa shape index (κ3) is 4.26. The first kappa shape index (κ1) is 21.6. The number of rotatable bonds is 7. The van der Waals surface area contributed by atoms with Crippen LogP contribution in [0.4, 0.5) is 5.82 Å². The number of aryl methyl sites for hydroxylation is 1. The first-order chi connectivity index (χ1) is 15.9. The Morgan fingerprint density at radius 1 is 1.21 bits per heavy atom. The highest BCUT2D eigenvalue weighted by Crippen LogP contribution is 2.29. The Morgan fingerprint density at radius 2 is 2.00 bits per heavy atom. The van der Waals surface area contributed by atoms with E-state index >= 15 is 0 Å². The summed E-state index contributed by atoms with van der Waals surface area (Å²) in [6, 6.07) is 5.52. The summed E-state index contributed by atoms with van der Waals surface area (Å²) < 4.78 is 0. The lowest BCUT2D eigenvalue weighted by atomic mass is 10.1. The predicted molar refractivity (Wildman–Crippen MR) is 126 cm³/mol. The molecule has 4 aromatic rings. The lowest BCUT2D eigenvalue weighted by molar-refractivity contribution is -0.116. The van der Waals surface area contributed by atoms with Crippen molar-refractivity contribution in [2.75, 3.05) is 5.32 Å². The number of amides is 2. The molecule has 2 amide bonds. The zero-order chi connectivity index (χ0) is 23.5. The second-order valence-corrected chi connectivity index (χ2v) is 7.27. The van der Waals surface area contributed by atoms with E-state index in [-0.39, 0.29) is 11.5 Å². The molecule has 0 saturated heterocycles. The topological polar surface area (TPSA) is 155 Å². The van der Waals surface area contributed by atoms with Crippen LogP contribution in [0.1, 0.15) is 24.7 Å². The van der Waals surface area contributed by atoms with Crippen LogP contribution in [-0.2, 0) is 9.59 Å². The second-order valence-electron chi connectivity index (χ2n) is 7.27. The van der Waals surface area contributed by atoms with E-state index in [2.05, 4.69) is 42.0 Å². The summed E-state index contributed by atoms with van der Waals surface area (Å²) in [5.41, 5.74) is 9.66. The van der Waals surface area contributed by atoms with E-state index in [1.54, 1.807) is 32.3 Å². The monoisotopic (exact) mass is 442 g/mol. The van der Waals surface area contributed by atoms with Gasteiger partial charge in [0, 0.05) is 35.6 Å². The zero-order valence-corrected chi connectivity index (χ0v) is 18.1. The molecule has 5 N–H and O–H groups in total. The molecular weight excluding hydrogens is 420 g/mol. The average Bonchev–Trinajstić information content (AvgIpc) is 3.40. The minimum absolute atomic E-state index is 0.100. The Labute approximate surface area is 189 Å². The van der Waals surface area contributed by atoms with Crippen molar-refractivity contribution in [1.29, 1.82) is 0 Å². The van der Waals surface area contributed by atoms with E-state index in [1.807, 2.05) is 12.1 Å². The quantitative estimate of drug-likeness (QED) is 0.254. The molecule has 0 saturated carbocycles. The number of aromatic amines is 2. The van der Waals surface area contributed by atoms with Crippen LogP contribution >= 0.6 is 0 Å². The van der Waals surface area contributed by atoms with Gasteiger partial charge in [0.25, 0.3) is 5.91 Å². The first-order valence-corrected chi connectivity index (χ1v) is 10.2. The van der Waals surface area contributed by atoms with Gasteiger partial charge in [0.15, 0.2) is 11.5 Å². The number of hydrogen-bond acceptors (Lipinski definition) is 6. The molecule has 10 heteroatoms.